The number of rotatable bonds is 4. The number of carbonyl (C=O) groups excluding carboxylic acids is 4. The lowest BCUT2D eigenvalue weighted by molar-refractivity contribution is -0.297. The zero-order chi connectivity index (χ0) is 30.9. The fourth-order valence-electron chi connectivity index (χ4n) is 5.60. The Labute approximate surface area is 247 Å². The molecule has 0 spiro atoms. The van der Waals surface area contributed by atoms with Gasteiger partial charge in [0.1, 0.15) is 18.8 Å². The van der Waals surface area contributed by atoms with Crippen LogP contribution >= 0.6 is 34.5 Å². The predicted molar refractivity (Wildman–Crippen MR) is 138 cm³/mol. The molecule has 0 atom stereocenters. The summed E-state index contributed by atoms with van der Waals surface area (Å²) in [4.78, 5) is 57.2. The quantitative estimate of drug-likeness (QED) is 0.353. The van der Waals surface area contributed by atoms with E-state index in [1.807, 2.05) is 5.32 Å². The standard InChI is InChI=1S/C25H20Cl2F6N4O4S/c1-23(24(28,29)30,25(31,32)33)13-7-6-12(16(26)17(13)27)19-18(21(40)37-10-2-3-11(37)5-4-10)35-20(42-19)22(41)36-8-14(38)34-15(39)9-36/h6-7,10-11H,2-5,8-9H2,1H3,(H,34,38,39). The molecule has 42 heavy (non-hydrogen) atoms. The molecule has 2 bridgehead atoms. The maximum Gasteiger partial charge on any atom is 0.406 e. The Hall–Kier alpha value is -2.91. The highest BCUT2D eigenvalue weighted by Gasteiger charge is 2.69. The first kappa shape index (κ1) is 30.5. The van der Waals surface area contributed by atoms with Gasteiger partial charge in [-0.15, -0.1) is 11.3 Å². The molecule has 226 valence electrons. The van der Waals surface area contributed by atoms with E-state index in [0.29, 0.717) is 17.4 Å². The number of thiazole rings is 1. The molecule has 17 heteroatoms. The molecule has 0 aliphatic carbocycles. The van der Waals surface area contributed by atoms with E-state index in [1.54, 1.807) is 4.90 Å². The average molecular weight is 657 g/mol. The van der Waals surface area contributed by atoms with Crippen LogP contribution in [0.4, 0.5) is 26.3 Å². The molecule has 3 fully saturated rings. The molecule has 3 aliphatic rings. The number of hydrogen-bond donors (Lipinski definition) is 1. The minimum atomic E-state index is -5.79. The largest absolute Gasteiger partial charge is 0.406 e. The van der Waals surface area contributed by atoms with Crippen LogP contribution in [0.25, 0.3) is 10.4 Å². The molecule has 4 amide bonds. The Balaban J connectivity index is 1.63. The highest BCUT2D eigenvalue weighted by Crippen LogP contribution is 2.55. The molecule has 0 saturated carbocycles. The van der Waals surface area contributed by atoms with Crippen LogP contribution in [0.3, 0.4) is 0 Å². The molecule has 8 nitrogen and oxygen atoms in total. The van der Waals surface area contributed by atoms with E-state index in [2.05, 4.69) is 4.98 Å². The third kappa shape index (κ3) is 4.82. The second-order valence-corrected chi connectivity index (χ2v) is 12.2. The Kier molecular flexibility index (Phi) is 7.54. The lowest BCUT2D eigenvalue weighted by atomic mass is 9.80. The molecular weight excluding hydrogens is 637 g/mol. The van der Waals surface area contributed by atoms with Gasteiger partial charge in [-0.3, -0.25) is 24.5 Å². The smallest absolute Gasteiger partial charge is 0.331 e. The van der Waals surface area contributed by atoms with Gasteiger partial charge in [-0.1, -0.05) is 35.3 Å². The number of benzene rings is 1. The maximum atomic E-state index is 13.8. The van der Waals surface area contributed by atoms with E-state index in [0.717, 1.165) is 36.6 Å². The zero-order valence-electron chi connectivity index (χ0n) is 21.5. The van der Waals surface area contributed by atoms with Crippen LogP contribution in [0.2, 0.25) is 10.0 Å². The van der Waals surface area contributed by atoms with E-state index < -0.39 is 70.1 Å². The second-order valence-electron chi connectivity index (χ2n) is 10.4. The summed E-state index contributed by atoms with van der Waals surface area (Å²) in [5, 5.41) is -0.0410. The van der Waals surface area contributed by atoms with Crippen molar-refractivity contribution >= 4 is 58.2 Å². The summed E-state index contributed by atoms with van der Waals surface area (Å²) < 4.78 is 82.8. The predicted octanol–water partition coefficient (Wildman–Crippen LogP) is 5.36. The van der Waals surface area contributed by atoms with Crippen LogP contribution < -0.4 is 5.32 Å². The molecule has 4 heterocycles. The van der Waals surface area contributed by atoms with Gasteiger partial charge in [-0.25, -0.2) is 4.98 Å². The lowest BCUT2D eigenvalue weighted by Gasteiger charge is -2.35. The number of aromatic nitrogens is 1. The van der Waals surface area contributed by atoms with E-state index in [1.165, 1.54) is 0 Å². The van der Waals surface area contributed by atoms with E-state index in [9.17, 15) is 45.5 Å². The number of amides is 4. The molecule has 5 rings (SSSR count). The minimum Gasteiger partial charge on any atom is -0.331 e. The SMILES string of the molecule is CC(c1ccc(-c2sc(C(=O)N3CC(=O)NC(=O)C3)nc2C(=O)N2C3CCC2CC3)c(Cl)c1Cl)(C(F)(F)F)C(F)(F)F. The van der Waals surface area contributed by atoms with Crippen molar-refractivity contribution < 1.29 is 45.5 Å². The summed E-state index contributed by atoms with van der Waals surface area (Å²) in [6, 6.07) is 1.21. The summed E-state index contributed by atoms with van der Waals surface area (Å²) in [7, 11) is 0. The average Bonchev–Trinajstić information content (AvgIpc) is 3.62. The summed E-state index contributed by atoms with van der Waals surface area (Å²) >= 11 is 13.0. The number of nitrogens with zero attached hydrogens (tertiary/aromatic N) is 3. The van der Waals surface area contributed by atoms with Crippen molar-refractivity contribution in [1.82, 2.24) is 20.1 Å². The Morgan fingerprint density at radius 1 is 0.905 bits per heavy atom. The van der Waals surface area contributed by atoms with Crippen LogP contribution in [0.1, 0.15) is 58.5 Å². The highest BCUT2D eigenvalue weighted by molar-refractivity contribution is 7.17. The van der Waals surface area contributed by atoms with Crippen molar-refractivity contribution in [2.45, 2.75) is 62.5 Å². The summed E-state index contributed by atoms with van der Waals surface area (Å²) in [6.07, 6.45) is -8.64. The number of imide groups is 1. The molecular formula is C25H20Cl2F6N4O4S. The van der Waals surface area contributed by atoms with E-state index in [4.69, 9.17) is 23.2 Å². The van der Waals surface area contributed by atoms with Crippen LogP contribution in [0.5, 0.6) is 0 Å². The number of alkyl halides is 6. The third-order valence-electron chi connectivity index (χ3n) is 7.93. The van der Waals surface area contributed by atoms with Gasteiger partial charge in [0, 0.05) is 17.6 Å². The normalized spacial score (nSPS) is 21.3. The number of fused-ring (bicyclic) bond motifs is 2. The van der Waals surface area contributed by atoms with E-state index in [-0.39, 0.29) is 40.1 Å². The highest BCUT2D eigenvalue weighted by atomic mass is 35.5. The minimum absolute atomic E-state index is 0.0537. The molecule has 2 aromatic rings. The van der Waals surface area contributed by atoms with Crippen LogP contribution in [0, 0.1) is 0 Å². The molecule has 0 unspecified atom stereocenters. The second kappa shape index (κ2) is 10.4. The summed E-state index contributed by atoms with van der Waals surface area (Å²) in [5.41, 5.74) is -6.23. The Bertz CT molecular complexity index is 1460. The van der Waals surface area contributed by atoms with Crippen molar-refractivity contribution in [3.05, 3.63) is 38.4 Å². The molecule has 1 aromatic carbocycles. The maximum absolute atomic E-state index is 13.8. The Morgan fingerprint density at radius 2 is 1.43 bits per heavy atom. The van der Waals surface area contributed by atoms with Gasteiger partial charge in [0.25, 0.3) is 11.8 Å². The van der Waals surface area contributed by atoms with Gasteiger partial charge in [0.05, 0.1) is 14.9 Å². The fraction of sp³-hybridized carbons (Fsp3) is 0.480. The van der Waals surface area contributed by atoms with Gasteiger partial charge in [-0.05, 0) is 38.2 Å². The lowest BCUT2D eigenvalue weighted by Crippen LogP contribution is -2.53. The van der Waals surface area contributed by atoms with Gasteiger partial charge >= 0.3 is 12.4 Å². The number of nitrogens with one attached hydrogen (secondary N) is 1. The summed E-state index contributed by atoms with van der Waals surface area (Å²) in [6.45, 7) is -1.01. The van der Waals surface area contributed by atoms with Crippen molar-refractivity contribution in [2.75, 3.05) is 13.1 Å². The Morgan fingerprint density at radius 3 is 1.93 bits per heavy atom. The molecule has 3 saturated heterocycles. The van der Waals surface area contributed by atoms with Crippen molar-refractivity contribution in [2.24, 2.45) is 0 Å². The molecule has 1 aromatic heterocycles. The first-order chi connectivity index (χ1) is 19.5. The monoisotopic (exact) mass is 656 g/mol. The van der Waals surface area contributed by atoms with Gasteiger partial charge in [0.15, 0.2) is 10.4 Å². The molecule has 3 aliphatic heterocycles. The fourth-order valence-corrected chi connectivity index (χ4v) is 7.32. The van der Waals surface area contributed by atoms with Crippen LogP contribution in [-0.2, 0) is 15.0 Å². The number of carbonyl (C=O) groups is 4. The van der Waals surface area contributed by atoms with Crippen molar-refractivity contribution in [3.8, 4) is 10.4 Å². The van der Waals surface area contributed by atoms with Gasteiger partial charge in [-0.2, -0.15) is 26.3 Å². The topological polar surface area (TPSA) is 99.7 Å². The zero-order valence-corrected chi connectivity index (χ0v) is 23.8. The number of halogens is 8. The van der Waals surface area contributed by atoms with Crippen LogP contribution in [-0.4, -0.2) is 75.9 Å². The van der Waals surface area contributed by atoms with Crippen LogP contribution in [0.15, 0.2) is 12.1 Å². The number of piperazine rings is 1. The molecule has 1 N–H and O–H groups in total. The number of hydrogen-bond acceptors (Lipinski definition) is 6. The first-order valence-corrected chi connectivity index (χ1v) is 14.1. The van der Waals surface area contributed by atoms with E-state index >= 15 is 0 Å². The third-order valence-corrected chi connectivity index (χ3v) is 9.89. The van der Waals surface area contributed by atoms with Crippen molar-refractivity contribution in [1.29, 1.82) is 0 Å². The van der Waals surface area contributed by atoms with Crippen molar-refractivity contribution in [3.63, 3.8) is 0 Å². The first-order valence-electron chi connectivity index (χ1n) is 12.5. The van der Waals surface area contributed by atoms with Gasteiger partial charge in [0.2, 0.25) is 11.8 Å². The summed E-state index contributed by atoms with van der Waals surface area (Å²) in [5.74, 6) is -2.97. The van der Waals surface area contributed by atoms with Gasteiger partial charge < -0.3 is 9.80 Å². The molecule has 0 radical (unpaired) electrons.